The number of anilines is 1. The van der Waals surface area contributed by atoms with Gasteiger partial charge < -0.3 is 47.9 Å². The summed E-state index contributed by atoms with van der Waals surface area (Å²) in [6.45, 7) is 11.5. The van der Waals surface area contributed by atoms with Gasteiger partial charge in [-0.1, -0.05) is 25.8 Å². The summed E-state index contributed by atoms with van der Waals surface area (Å²) in [6, 6.07) is 3.91. The maximum atomic E-state index is 13.1. The van der Waals surface area contributed by atoms with E-state index in [0.29, 0.717) is 125 Å². The summed E-state index contributed by atoms with van der Waals surface area (Å²) < 4.78 is 49.5. The number of amides is 4. The van der Waals surface area contributed by atoms with Gasteiger partial charge >= 0.3 is 0 Å². The normalized spacial score (nSPS) is 15.8. The van der Waals surface area contributed by atoms with Gasteiger partial charge in [0.15, 0.2) is 0 Å². The molecule has 52 heavy (non-hydrogen) atoms. The molecule has 4 amide bonds. The molecule has 2 aliphatic rings. The van der Waals surface area contributed by atoms with Crippen molar-refractivity contribution in [3.8, 4) is 0 Å². The van der Waals surface area contributed by atoms with Crippen molar-refractivity contribution in [2.75, 3.05) is 131 Å². The zero-order valence-electron chi connectivity index (χ0n) is 30.5. The number of carbonyl (C=O) groups excluding carboxylic acids is 4. The van der Waals surface area contributed by atoms with E-state index >= 15 is 0 Å². The highest BCUT2D eigenvalue weighted by molar-refractivity contribution is 6.25. The lowest BCUT2D eigenvalue weighted by Crippen LogP contribution is -2.54. The molecule has 2 N–H and O–H groups in total. The van der Waals surface area contributed by atoms with Gasteiger partial charge in [0.05, 0.1) is 123 Å². The summed E-state index contributed by atoms with van der Waals surface area (Å²) >= 11 is 0. The van der Waals surface area contributed by atoms with Crippen molar-refractivity contribution in [1.82, 2.24) is 10.2 Å². The van der Waals surface area contributed by atoms with Gasteiger partial charge in [0.25, 0.3) is 11.8 Å². The minimum absolute atomic E-state index is 0.0683. The molecule has 294 valence electrons. The Morgan fingerprint density at radius 3 is 1.54 bits per heavy atom. The molecule has 1 aromatic carbocycles. The maximum absolute atomic E-state index is 13.1. The first-order chi connectivity index (χ1) is 25.5. The number of nitrogens with zero attached hydrogens (tertiary/aromatic N) is 1. The predicted molar refractivity (Wildman–Crippen MR) is 188 cm³/mol. The third kappa shape index (κ3) is 16.7. The number of rotatable bonds is 33. The SMILES string of the molecule is CCCCCOCCOCCOCCOCCOCCOCCOCCOCCOCCNc1cccc2c1C(=O)N(C1CCC(=O)NC1=O)C2=O. The van der Waals surface area contributed by atoms with Crippen LogP contribution in [0.15, 0.2) is 18.2 Å². The Morgan fingerprint density at radius 1 is 0.615 bits per heavy atom. The molecule has 1 aromatic rings. The molecule has 3 rings (SSSR count). The number of hydrogen-bond donors (Lipinski definition) is 2. The molecule has 0 spiro atoms. The highest BCUT2D eigenvalue weighted by Crippen LogP contribution is 2.32. The third-order valence-corrected chi connectivity index (χ3v) is 7.90. The quantitative estimate of drug-likeness (QED) is 0.0788. The molecule has 0 aliphatic carbocycles. The Labute approximate surface area is 306 Å². The third-order valence-electron chi connectivity index (χ3n) is 7.90. The van der Waals surface area contributed by atoms with Crippen LogP contribution in [-0.4, -0.2) is 160 Å². The molecular weight excluding hydrogens is 682 g/mol. The second-order valence-electron chi connectivity index (χ2n) is 11.8. The van der Waals surface area contributed by atoms with Gasteiger partial charge in [-0.15, -0.1) is 0 Å². The first-order valence-electron chi connectivity index (χ1n) is 18.3. The van der Waals surface area contributed by atoms with Crippen LogP contribution in [0.25, 0.3) is 0 Å². The number of hydrogen-bond acceptors (Lipinski definition) is 14. The van der Waals surface area contributed by atoms with Crippen molar-refractivity contribution in [3.05, 3.63) is 29.3 Å². The Morgan fingerprint density at radius 2 is 1.08 bits per heavy atom. The second-order valence-corrected chi connectivity index (χ2v) is 11.8. The fourth-order valence-electron chi connectivity index (χ4n) is 5.24. The van der Waals surface area contributed by atoms with Gasteiger partial charge in [-0.2, -0.15) is 0 Å². The van der Waals surface area contributed by atoms with Gasteiger partial charge in [-0.05, 0) is 25.0 Å². The number of ether oxygens (including phenoxy) is 9. The standard InChI is InChI=1S/C36H57N3O13/c1-2-3-4-11-44-13-15-46-17-19-48-21-23-50-25-27-52-28-26-51-24-22-49-20-18-47-16-14-45-12-10-37-30-7-5-6-29-33(30)36(43)39(35(29)42)31-8-9-32(40)38-34(31)41/h5-7,31,37H,2-4,8-28H2,1H3,(H,38,40,41). The van der Waals surface area contributed by atoms with Gasteiger partial charge in [0, 0.05) is 25.3 Å². The van der Waals surface area contributed by atoms with Crippen molar-refractivity contribution < 1.29 is 61.8 Å². The van der Waals surface area contributed by atoms with Crippen LogP contribution in [0.5, 0.6) is 0 Å². The van der Waals surface area contributed by atoms with E-state index < -0.39 is 29.7 Å². The summed E-state index contributed by atoms with van der Waals surface area (Å²) in [4.78, 5) is 50.8. The zero-order valence-corrected chi connectivity index (χ0v) is 30.5. The van der Waals surface area contributed by atoms with E-state index in [4.69, 9.17) is 42.6 Å². The maximum Gasteiger partial charge on any atom is 0.264 e. The van der Waals surface area contributed by atoms with Crippen molar-refractivity contribution >= 4 is 29.3 Å². The number of benzene rings is 1. The number of nitrogens with one attached hydrogen (secondary N) is 2. The van der Waals surface area contributed by atoms with E-state index in [9.17, 15) is 19.2 Å². The summed E-state index contributed by atoms with van der Waals surface area (Å²) in [7, 11) is 0. The van der Waals surface area contributed by atoms with Crippen LogP contribution in [0, 0.1) is 0 Å². The van der Waals surface area contributed by atoms with Crippen LogP contribution in [0.2, 0.25) is 0 Å². The monoisotopic (exact) mass is 739 g/mol. The van der Waals surface area contributed by atoms with E-state index in [1.54, 1.807) is 18.2 Å². The van der Waals surface area contributed by atoms with E-state index in [0.717, 1.165) is 17.9 Å². The lowest BCUT2D eigenvalue weighted by molar-refractivity contribution is -0.136. The Bertz CT molecular complexity index is 1190. The fourth-order valence-corrected chi connectivity index (χ4v) is 5.24. The van der Waals surface area contributed by atoms with Crippen molar-refractivity contribution in [1.29, 1.82) is 0 Å². The number of imide groups is 2. The lowest BCUT2D eigenvalue weighted by Gasteiger charge is -2.27. The Balaban J connectivity index is 1.04. The smallest absolute Gasteiger partial charge is 0.264 e. The van der Waals surface area contributed by atoms with E-state index in [1.807, 2.05) is 0 Å². The molecule has 16 heteroatoms. The van der Waals surface area contributed by atoms with Crippen molar-refractivity contribution in [3.63, 3.8) is 0 Å². The average Bonchev–Trinajstić information content (AvgIpc) is 3.39. The fraction of sp³-hybridized carbons (Fsp3) is 0.722. The van der Waals surface area contributed by atoms with Crippen LogP contribution < -0.4 is 10.6 Å². The molecule has 1 atom stereocenters. The highest BCUT2D eigenvalue weighted by Gasteiger charge is 2.45. The molecule has 0 aromatic heterocycles. The highest BCUT2D eigenvalue weighted by atomic mass is 16.6. The van der Waals surface area contributed by atoms with Gasteiger partial charge in [-0.3, -0.25) is 29.4 Å². The minimum atomic E-state index is -1.01. The van der Waals surface area contributed by atoms with Crippen LogP contribution in [0.4, 0.5) is 5.69 Å². The topological polar surface area (TPSA) is 179 Å². The average molecular weight is 740 g/mol. The molecule has 1 fully saturated rings. The van der Waals surface area contributed by atoms with Crippen molar-refractivity contribution in [2.45, 2.75) is 45.1 Å². The molecule has 0 saturated carbocycles. The van der Waals surface area contributed by atoms with Crippen molar-refractivity contribution in [2.24, 2.45) is 0 Å². The number of piperidine rings is 1. The van der Waals surface area contributed by atoms with Crippen LogP contribution in [0.3, 0.4) is 0 Å². The Hall–Kier alpha value is -3.06. The largest absolute Gasteiger partial charge is 0.382 e. The number of fused-ring (bicyclic) bond motifs is 1. The molecular formula is C36H57N3O13. The molecule has 2 heterocycles. The molecule has 0 radical (unpaired) electrons. The zero-order chi connectivity index (χ0) is 37.1. The summed E-state index contributed by atoms with van der Waals surface area (Å²) in [5, 5.41) is 5.33. The minimum Gasteiger partial charge on any atom is -0.382 e. The molecule has 1 saturated heterocycles. The molecule has 16 nitrogen and oxygen atoms in total. The van der Waals surface area contributed by atoms with E-state index in [2.05, 4.69) is 17.6 Å². The lowest BCUT2D eigenvalue weighted by atomic mass is 10.0. The first-order valence-corrected chi connectivity index (χ1v) is 18.3. The summed E-state index contributed by atoms with van der Waals surface area (Å²) in [5.74, 6) is -2.16. The van der Waals surface area contributed by atoms with E-state index in [-0.39, 0.29) is 24.0 Å². The van der Waals surface area contributed by atoms with Gasteiger partial charge in [0.1, 0.15) is 6.04 Å². The Kier molecular flexibility index (Phi) is 22.9. The van der Waals surface area contributed by atoms with Crippen LogP contribution in [0.1, 0.15) is 59.7 Å². The first kappa shape index (κ1) is 43.3. The second kappa shape index (κ2) is 27.5. The molecule has 1 unspecified atom stereocenters. The number of unbranched alkanes of at least 4 members (excludes halogenated alkanes) is 2. The van der Waals surface area contributed by atoms with Gasteiger partial charge in [0.2, 0.25) is 11.8 Å². The summed E-state index contributed by atoms with van der Waals surface area (Å²) in [5.41, 5.74) is 0.916. The summed E-state index contributed by atoms with van der Waals surface area (Å²) in [6.07, 6.45) is 3.68. The number of carbonyl (C=O) groups is 4. The molecule has 2 aliphatic heterocycles. The molecule has 0 bridgehead atoms. The van der Waals surface area contributed by atoms with Crippen LogP contribution in [-0.2, 0) is 52.2 Å². The van der Waals surface area contributed by atoms with E-state index in [1.165, 1.54) is 12.8 Å². The van der Waals surface area contributed by atoms with Gasteiger partial charge in [-0.25, -0.2) is 0 Å². The van der Waals surface area contributed by atoms with Crippen LogP contribution >= 0.6 is 0 Å². The predicted octanol–water partition coefficient (Wildman–Crippen LogP) is 1.84.